The smallest absolute Gasteiger partial charge is 0.475 e. The lowest BCUT2D eigenvalue weighted by Gasteiger charge is -2.38. The molecule has 1 aliphatic carbocycles. The van der Waals surface area contributed by atoms with Gasteiger partial charge in [-0.2, -0.15) is 13.2 Å². The second-order valence-electron chi connectivity index (χ2n) is 9.93. The number of nitrogens with two attached hydrogens (primary N) is 1. The molecule has 2 fully saturated rings. The first-order valence-electron chi connectivity index (χ1n) is 11.6. The summed E-state index contributed by atoms with van der Waals surface area (Å²) in [6.45, 7) is 7.66. The molecule has 1 heterocycles. The van der Waals surface area contributed by atoms with Crippen molar-refractivity contribution in [2.24, 2.45) is 17.1 Å². The molecule has 10 nitrogen and oxygen atoms in total. The Morgan fingerprint density at radius 1 is 1.20 bits per heavy atom. The van der Waals surface area contributed by atoms with Crippen molar-refractivity contribution in [3.63, 3.8) is 0 Å². The van der Waals surface area contributed by atoms with Crippen molar-refractivity contribution in [1.29, 1.82) is 0 Å². The molecule has 2 rings (SSSR count). The summed E-state index contributed by atoms with van der Waals surface area (Å²) >= 11 is 0. The Kier molecular flexibility index (Phi) is 11.7. The zero-order valence-corrected chi connectivity index (χ0v) is 21.4. The van der Waals surface area contributed by atoms with E-state index >= 15 is 0 Å². The van der Waals surface area contributed by atoms with Gasteiger partial charge in [0, 0.05) is 6.04 Å². The van der Waals surface area contributed by atoms with Gasteiger partial charge in [0.25, 0.3) is 0 Å². The standard InChI is InChI=1S/C19H36N3O5P.C2HF3O2/c1-5-8-15(27-28(25)26)21-17(23)14-11-12-9-6-7-10-13(12)22(14)18(24)16(20)19(2,3)4;3-2(4,5)1(6)7/h12-16,28H,5-11,20H2,1-4H3,(H,21,23)(H,25,26);(H,6,7)/t12-,13-,14-,15+,16+;/m0./s1. The van der Waals surface area contributed by atoms with Crippen LogP contribution in [-0.4, -0.2) is 63.2 Å². The van der Waals surface area contributed by atoms with E-state index in [9.17, 15) is 27.3 Å². The van der Waals surface area contributed by atoms with Crippen molar-refractivity contribution in [3.05, 3.63) is 0 Å². The van der Waals surface area contributed by atoms with Gasteiger partial charge in [-0.3, -0.25) is 18.7 Å². The minimum atomic E-state index is -5.08. The zero-order valence-electron chi connectivity index (χ0n) is 20.4. The van der Waals surface area contributed by atoms with E-state index < -0.39 is 44.1 Å². The molecule has 1 saturated carbocycles. The first-order chi connectivity index (χ1) is 16.0. The van der Waals surface area contributed by atoms with Crippen molar-refractivity contribution >= 4 is 26.0 Å². The largest absolute Gasteiger partial charge is 0.490 e. The number of aliphatic carboxylic acids is 1. The van der Waals surface area contributed by atoms with Crippen molar-refractivity contribution in [2.45, 2.75) is 103 Å². The molecule has 2 amide bonds. The van der Waals surface area contributed by atoms with E-state index in [1.807, 2.05) is 27.7 Å². The fourth-order valence-corrected chi connectivity index (χ4v) is 4.76. The third-order valence-corrected chi connectivity index (χ3v) is 6.67. The molecule has 6 atom stereocenters. The van der Waals surface area contributed by atoms with Gasteiger partial charge in [-0.25, -0.2) is 4.79 Å². The summed E-state index contributed by atoms with van der Waals surface area (Å²) in [4.78, 5) is 46.0. The summed E-state index contributed by atoms with van der Waals surface area (Å²) in [5.41, 5.74) is 5.85. The predicted octanol–water partition coefficient (Wildman–Crippen LogP) is 2.79. The Hall–Kier alpha value is -1.69. The predicted molar refractivity (Wildman–Crippen MR) is 121 cm³/mol. The molecule has 1 unspecified atom stereocenters. The number of rotatable bonds is 7. The van der Waals surface area contributed by atoms with Crippen LogP contribution in [0.1, 0.15) is 72.6 Å². The first kappa shape index (κ1) is 31.3. The number of alkyl halides is 3. The Morgan fingerprint density at radius 3 is 2.20 bits per heavy atom. The molecule has 1 aliphatic heterocycles. The number of carbonyl (C=O) groups is 3. The summed E-state index contributed by atoms with van der Waals surface area (Å²) < 4.78 is 47.8. The minimum Gasteiger partial charge on any atom is -0.475 e. The average Bonchev–Trinajstić information content (AvgIpc) is 3.11. The average molecular weight is 532 g/mol. The fraction of sp³-hybridized carbons (Fsp3) is 0.857. The lowest BCUT2D eigenvalue weighted by atomic mass is 9.83. The normalized spacial score (nSPS) is 24.9. The van der Waals surface area contributed by atoms with Gasteiger partial charge in [0.15, 0.2) is 0 Å². The number of carboxylic acids is 1. The number of hydrogen-bond acceptors (Lipinski definition) is 6. The Balaban J connectivity index is 0.000000762. The highest BCUT2D eigenvalue weighted by Crippen LogP contribution is 2.41. The summed E-state index contributed by atoms with van der Waals surface area (Å²) in [5.74, 6) is -2.98. The fourth-order valence-electron chi connectivity index (χ4n) is 4.34. The number of nitrogens with one attached hydrogen (secondary N) is 1. The maximum Gasteiger partial charge on any atom is 0.490 e. The van der Waals surface area contributed by atoms with Crippen LogP contribution in [0.3, 0.4) is 0 Å². The van der Waals surface area contributed by atoms with Gasteiger partial charge in [-0.1, -0.05) is 47.0 Å². The number of likely N-dealkylation sites (tertiary alicyclic amines) is 1. The van der Waals surface area contributed by atoms with E-state index in [2.05, 4.69) is 5.32 Å². The van der Waals surface area contributed by atoms with E-state index in [0.29, 0.717) is 25.2 Å². The highest BCUT2D eigenvalue weighted by atomic mass is 31.1. The molecule has 5 N–H and O–H groups in total. The summed E-state index contributed by atoms with van der Waals surface area (Å²) in [5, 5.41) is 9.86. The highest BCUT2D eigenvalue weighted by Gasteiger charge is 2.49. The minimum absolute atomic E-state index is 0.0351. The Morgan fingerprint density at radius 2 is 1.74 bits per heavy atom. The third kappa shape index (κ3) is 9.36. The molecule has 2 aliphatic rings. The van der Waals surface area contributed by atoms with Crippen LogP contribution in [0, 0.1) is 11.3 Å². The zero-order chi connectivity index (χ0) is 27.1. The third-order valence-electron chi connectivity index (χ3n) is 6.18. The SMILES string of the molecule is CCC[C@H](NC(=O)[C@@H]1C[C@@H]2CCCC[C@@H]2N1C(=O)[C@@H](N)C(C)(C)C)O[PH](=O)O.O=C(O)C(F)(F)F. The van der Waals surface area contributed by atoms with Crippen LogP contribution in [-0.2, 0) is 23.5 Å². The monoisotopic (exact) mass is 531 g/mol. The molecule has 204 valence electrons. The second kappa shape index (κ2) is 13.0. The number of fused-ring (bicyclic) bond motifs is 1. The van der Waals surface area contributed by atoms with Gasteiger partial charge >= 0.3 is 20.4 Å². The highest BCUT2D eigenvalue weighted by molar-refractivity contribution is 7.32. The van der Waals surface area contributed by atoms with Gasteiger partial charge < -0.3 is 26.0 Å². The van der Waals surface area contributed by atoms with E-state index in [-0.39, 0.29) is 17.9 Å². The van der Waals surface area contributed by atoms with Crippen molar-refractivity contribution < 1.29 is 46.6 Å². The van der Waals surface area contributed by atoms with E-state index in [4.69, 9.17) is 25.1 Å². The quantitative estimate of drug-likeness (QED) is 0.288. The maximum absolute atomic E-state index is 13.3. The topological polar surface area (TPSA) is 159 Å². The number of nitrogens with zero attached hydrogens (tertiary/aromatic N) is 1. The molecule has 0 aromatic rings. The van der Waals surface area contributed by atoms with Crippen LogP contribution < -0.4 is 11.1 Å². The van der Waals surface area contributed by atoms with E-state index in [0.717, 1.165) is 25.7 Å². The second-order valence-corrected chi connectivity index (χ2v) is 10.7. The molecular formula is C21H37F3N3O7P. The van der Waals surface area contributed by atoms with Gasteiger partial charge in [0.1, 0.15) is 12.3 Å². The molecule has 0 aromatic heterocycles. The van der Waals surface area contributed by atoms with Crippen molar-refractivity contribution in [2.75, 3.05) is 0 Å². The summed E-state index contributed by atoms with van der Waals surface area (Å²) in [6.07, 6.45) is -0.157. The Bertz CT molecular complexity index is 776. The molecule has 1 saturated heterocycles. The van der Waals surface area contributed by atoms with Crippen LogP contribution in [0.4, 0.5) is 13.2 Å². The number of halogens is 3. The number of carboxylic acid groups (broad SMARTS) is 1. The number of amides is 2. The van der Waals surface area contributed by atoms with Crippen LogP contribution in [0.25, 0.3) is 0 Å². The molecule has 0 aromatic carbocycles. The maximum atomic E-state index is 13.3. The van der Waals surface area contributed by atoms with Crippen LogP contribution in [0.5, 0.6) is 0 Å². The molecule has 14 heteroatoms. The van der Waals surface area contributed by atoms with Crippen molar-refractivity contribution in [1.82, 2.24) is 10.2 Å². The lowest BCUT2D eigenvalue weighted by Crippen LogP contribution is -2.58. The summed E-state index contributed by atoms with van der Waals surface area (Å²) in [7, 11) is -3.17. The molecule has 0 spiro atoms. The van der Waals surface area contributed by atoms with Gasteiger partial charge in [0.2, 0.25) is 11.8 Å². The molecule has 0 bridgehead atoms. The first-order valence-corrected chi connectivity index (χ1v) is 12.8. The van der Waals surface area contributed by atoms with Gasteiger partial charge in [-0.05, 0) is 37.0 Å². The van der Waals surface area contributed by atoms with Crippen LogP contribution in [0.15, 0.2) is 0 Å². The molecule has 0 radical (unpaired) electrons. The van der Waals surface area contributed by atoms with E-state index in [1.54, 1.807) is 4.90 Å². The lowest BCUT2D eigenvalue weighted by molar-refractivity contribution is -0.192. The van der Waals surface area contributed by atoms with Crippen LogP contribution >= 0.6 is 8.25 Å². The Labute approximate surface area is 203 Å². The number of carbonyl (C=O) groups excluding carboxylic acids is 2. The van der Waals surface area contributed by atoms with Crippen LogP contribution in [0.2, 0.25) is 0 Å². The number of hydrogen-bond donors (Lipinski definition) is 4. The van der Waals surface area contributed by atoms with Gasteiger partial charge in [0.05, 0.1) is 6.04 Å². The molecule has 35 heavy (non-hydrogen) atoms. The van der Waals surface area contributed by atoms with E-state index in [1.165, 1.54) is 0 Å². The van der Waals surface area contributed by atoms with Crippen molar-refractivity contribution in [3.8, 4) is 0 Å². The van der Waals surface area contributed by atoms with Gasteiger partial charge in [-0.15, -0.1) is 0 Å². The summed E-state index contributed by atoms with van der Waals surface area (Å²) in [6, 6.07) is -1.27. The molecular weight excluding hydrogens is 494 g/mol.